The number of hydrogen-bond donors (Lipinski definition) is 2. The third-order valence-corrected chi connectivity index (χ3v) is 4.30. The maximum absolute atomic E-state index is 12.4. The lowest BCUT2D eigenvalue weighted by Gasteiger charge is -2.08. The Morgan fingerprint density at radius 3 is 2.32 bits per heavy atom. The van der Waals surface area contributed by atoms with Gasteiger partial charge in [-0.25, -0.2) is 4.98 Å². The zero-order chi connectivity index (χ0) is 19.8. The smallest absolute Gasteiger partial charge is 0.274 e. The van der Waals surface area contributed by atoms with E-state index in [4.69, 9.17) is 11.6 Å². The molecule has 2 aromatic carbocycles. The molecule has 0 spiro atoms. The summed E-state index contributed by atoms with van der Waals surface area (Å²) in [7, 11) is 0. The molecule has 0 radical (unpaired) electrons. The highest BCUT2D eigenvalue weighted by Gasteiger charge is 2.12. The Morgan fingerprint density at radius 2 is 1.57 bits per heavy atom. The number of nitrogens with one attached hydrogen (secondary N) is 2. The molecule has 3 aromatic rings. The number of nitrogens with zero attached hydrogens (tertiary/aromatic N) is 1. The number of pyridine rings is 1. The summed E-state index contributed by atoms with van der Waals surface area (Å²) in [5.74, 6) is -0.702. The minimum absolute atomic E-state index is 0.164. The van der Waals surface area contributed by atoms with Crippen LogP contribution in [0.3, 0.4) is 0 Å². The van der Waals surface area contributed by atoms with Crippen LogP contribution in [0.5, 0.6) is 0 Å². The van der Waals surface area contributed by atoms with Gasteiger partial charge in [0, 0.05) is 17.3 Å². The van der Waals surface area contributed by atoms with Crippen molar-refractivity contribution in [1.29, 1.82) is 0 Å². The van der Waals surface area contributed by atoms with Gasteiger partial charge in [0.2, 0.25) is 0 Å². The minimum Gasteiger partial charge on any atom is -0.351 e. The Labute approximate surface area is 168 Å². The second kappa shape index (κ2) is 9.67. The monoisotopic (exact) mass is 393 g/mol. The van der Waals surface area contributed by atoms with Crippen LogP contribution in [0.25, 0.3) is 0 Å². The largest absolute Gasteiger partial charge is 0.351 e. The van der Waals surface area contributed by atoms with Crippen molar-refractivity contribution in [2.24, 2.45) is 0 Å². The zero-order valence-corrected chi connectivity index (χ0v) is 15.9. The van der Waals surface area contributed by atoms with Crippen molar-refractivity contribution in [2.45, 2.75) is 12.8 Å². The molecule has 1 heterocycles. The summed E-state index contributed by atoms with van der Waals surface area (Å²) in [6, 6.07) is 21.7. The van der Waals surface area contributed by atoms with Crippen LogP contribution in [0, 0.1) is 0 Å². The lowest BCUT2D eigenvalue weighted by atomic mass is 10.1. The van der Waals surface area contributed by atoms with E-state index in [1.54, 1.807) is 42.5 Å². The predicted molar refractivity (Wildman–Crippen MR) is 111 cm³/mol. The first-order chi connectivity index (χ1) is 13.6. The van der Waals surface area contributed by atoms with Gasteiger partial charge in [0.25, 0.3) is 11.8 Å². The van der Waals surface area contributed by atoms with Gasteiger partial charge in [-0.3, -0.25) is 9.59 Å². The lowest BCUT2D eigenvalue weighted by molar-refractivity contribution is 0.0948. The summed E-state index contributed by atoms with van der Waals surface area (Å²) in [6.45, 7) is 0.536. The molecule has 0 fully saturated rings. The molecule has 0 unspecified atom stereocenters. The minimum atomic E-state index is -0.402. The molecule has 3 rings (SSSR count). The number of carbonyl (C=O) groups is 2. The van der Waals surface area contributed by atoms with E-state index >= 15 is 0 Å². The molecule has 1 aromatic heterocycles. The molecule has 28 heavy (non-hydrogen) atoms. The van der Waals surface area contributed by atoms with E-state index in [0.717, 1.165) is 12.8 Å². The number of aromatic nitrogens is 1. The molecule has 0 saturated carbocycles. The van der Waals surface area contributed by atoms with Crippen LogP contribution in [0.4, 0.5) is 5.69 Å². The van der Waals surface area contributed by atoms with Crippen LogP contribution in [-0.4, -0.2) is 23.3 Å². The summed E-state index contributed by atoms with van der Waals surface area (Å²) in [5.41, 5.74) is 2.17. The van der Waals surface area contributed by atoms with E-state index in [-0.39, 0.29) is 17.3 Å². The summed E-state index contributed by atoms with van der Waals surface area (Å²) in [4.78, 5) is 28.9. The van der Waals surface area contributed by atoms with Crippen LogP contribution < -0.4 is 10.6 Å². The first-order valence-corrected chi connectivity index (χ1v) is 9.36. The first-order valence-electron chi connectivity index (χ1n) is 8.98. The number of rotatable bonds is 7. The van der Waals surface area contributed by atoms with E-state index in [1.807, 2.05) is 18.2 Å². The Kier molecular flexibility index (Phi) is 6.76. The van der Waals surface area contributed by atoms with Gasteiger partial charge in [-0.05, 0) is 48.7 Å². The Morgan fingerprint density at radius 1 is 0.857 bits per heavy atom. The zero-order valence-electron chi connectivity index (χ0n) is 15.2. The molecular formula is C22H20ClN3O2. The van der Waals surface area contributed by atoms with Gasteiger partial charge in [0.05, 0.1) is 0 Å². The Bertz CT molecular complexity index is 961. The fraction of sp³-hybridized carbons (Fsp3) is 0.136. The van der Waals surface area contributed by atoms with Crippen molar-refractivity contribution >= 4 is 29.1 Å². The average molecular weight is 394 g/mol. The van der Waals surface area contributed by atoms with E-state index in [9.17, 15) is 9.59 Å². The number of benzene rings is 2. The first kappa shape index (κ1) is 19.6. The third-order valence-electron chi connectivity index (χ3n) is 4.07. The maximum atomic E-state index is 12.4. The van der Waals surface area contributed by atoms with Gasteiger partial charge in [-0.2, -0.15) is 0 Å². The van der Waals surface area contributed by atoms with Gasteiger partial charge in [0.15, 0.2) is 0 Å². The molecule has 0 atom stereocenters. The van der Waals surface area contributed by atoms with E-state index in [1.165, 1.54) is 5.56 Å². The summed E-state index contributed by atoms with van der Waals surface area (Å²) >= 11 is 5.92. The Hall–Kier alpha value is -3.18. The van der Waals surface area contributed by atoms with E-state index in [2.05, 4.69) is 27.8 Å². The highest BCUT2D eigenvalue weighted by molar-refractivity contribution is 6.30. The normalized spacial score (nSPS) is 10.3. The predicted octanol–water partition coefficient (Wildman–Crippen LogP) is 4.35. The van der Waals surface area contributed by atoms with E-state index in [0.29, 0.717) is 17.3 Å². The standard InChI is InChI=1S/C22H20ClN3O2/c23-17-10-4-11-18(15-17)25-22(28)20-13-5-12-19(26-20)21(27)24-14-6-9-16-7-2-1-3-8-16/h1-5,7-8,10-13,15H,6,9,14H2,(H,24,27)(H,25,28). The topological polar surface area (TPSA) is 71.1 Å². The van der Waals surface area contributed by atoms with Crippen molar-refractivity contribution in [3.8, 4) is 0 Å². The molecule has 0 saturated heterocycles. The van der Waals surface area contributed by atoms with Gasteiger partial charge in [-0.1, -0.05) is 54.1 Å². The second-order valence-corrected chi connectivity index (χ2v) is 6.65. The van der Waals surface area contributed by atoms with Crippen molar-refractivity contribution in [2.75, 3.05) is 11.9 Å². The number of aryl methyl sites for hydroxylation is 1. The summed E-state index contributed by atoms with van der Waals surface area (Å²) in [5, 5.41) is 6.08. The fourth-order valence-electron chi connectivity index (χ4n) is 2.68. The van der Waals surface area contributed by atoms with Crippen LogP contribution in [0.15, 0.2) is 72.8 Å². The van der Waals surface area contributed by atoms with Crippen LogP contribution >= 0.6 is 11.6 Å². The quantitative estimate of drug-likeness (QED) is 0.586. The van der Waals surface area contributed by atoms with Gasteiger partial charge in [-0.15, -0.1) is 0 Å². The highest BCUT2D eigenvalue weighted by atomic mass is 35.5. The van der Waals surface area contributed by atoms with Crippen molar-refractivity contribution in [3.63, 3.8) is 0 Å². The number of amides is 2. The fourth-order valence-corrected chi connectivity index (χ4v) is 2.87. The number of hydrogen-bond acceptors (Lipinski definition) is 3. The van der Waals surface area contributed by atoms with Gasteiger partial charge < -0.3 is 10.6 Å². The third kappa shape index (κ3) is 5.66. The van der Waals surface area contributed by atoms with Gasteiger partial charge >= 0.3 is 0 Å². The molecule has 142 valence electrons. The molecule has 6 heteroatoms. The van der Waals surface area contributed by atoms with Crippen molar-refractivity contribution < 1.29 is 9.59 Å². The number of anilines is 1. The van der Waals surface area contributed by atoms with Crippen LogP contribution in [0.1, 0.15) is 33.0 Å². The van der Waals surface area contributed by atoms with Crippen molar-refractivity contribution in [1.82, 2.24) is 10.3 Å². The molecule has 0 bridgehead atoms. The summed E-state index contributed by atoms with van der Waals surface area (Å²) in [6.07, 6.45) is 1.71. The summed E-state index contributed by atoms with van der Waals surface area (Å²) < 4.78 is 0. The molecular weight excluding hydrogens is 374 g/mol. The van der Waals surface area contributed by atoms with Gasteiger partial charge in [0.1, 0.15) is 11.4 Å². The Balaban J connectivity index is 1.54. The molecule has 0 aliphatic heterocycles. The second-order valence-electron chi connectivity index (χ2n) is 6.22. The maximum Gasteiger partial charge on any atom is 0.274 e. The number of carbonyl (C=O) groups excluding carboxylic acids is 2. The average Bonchev–Trinajstić information content (AvgIpc) is 2.72. The molecule has 2 amide bonds. The molecule has 0 aliphatic carbocycles. The lowest BCUT2D eigenvalue weighted by Crippen LogP contribution is -2.26. The molecule has 5 nitrogen and oxygen atoms in total. The molecule has 2 N–H and O–H groups in total. The SMILES string of the molecule is O=C(NCCCc1ccccc1)c1cccc(C(=O)Nc2cccc(Cl)c2)n1. The molecule has 0 aliphatic rings. The number of halogens is 1. The van der Waals surface area contributed by atoms with E-state index < -0.39 is 5.91 Å². The van der Waals surface area contributed by atoms with Crippen LogP contribution in [0.2, 0.25) is 5.02 Å². The van der Waals surface area contributed by atoms with Crippen LogP contribution in [-0.2, 0) is 6.42 Å². The van der Waals surface area contributed by atoms with Crippen molar-refractivity contribution in [3.05, 3.63) is 94.8 Å². The highest BCUT2D eigenvalue weighted by Crippen LogP contribution is 2.15.